The van der Waals surface area contributed by atoms with Crippen molar-refractivity contribution in [1.82, 2.24) is 0 Å². The van der Waals surface area contributed by atoms with E-state index in [1.807, 2.05) is 25.1 Å². The summed E-state index contributed by atoms with van der Waals surface area (Å²) in [5, 5.41) is 21.7. The molecule has 2 N–H and O–H groups in total. The van der Waals surface area contributed by atoms with Crippen molar-refractivity contribution in [3.05, 3.63) is 94.0 Å². The van der Waals surface area contributed by atoms with Crippen molar-refractivity contribution in [2.24, 2.45) is 0 Å². The van der Waals surface area contributed by atoms with Crippen molar-refractivity contribution in [3.8, 4) is 17.6 Å². The lowest BCUT2D eigenvalue weighted by atomic mass is 10.1. The second-order valence-corrected chi connectivity index (χ2v) is 7.50. The van der Waals surface area contributed by atoms with Crippen LogP contribution in [-0.4, -0.2) is 23.6 Å². The maximum atomic E-state index is 12.5. The Morgan fingerprint density at radius 2 is 1.74 bits per heavy atom. The average Bonchev–Trinajstić information content (AvgIpc) is 2.83. The molecule has 0 unspecified atom stereocenters. The molecule has 0 saturated heterocycles. The van der Waals surface area contributed by atoms with E-state index in [2.05, 4.69) is 5.32 Å². The summed E-state index contributed by atoms with van der Waals surface area (Å²) < 4.78 is 11.6. The highest BCUT2D eigenvalue weighted by molar-refractivity contribution is 6.30. The Morgan fingerprint density at radius 1 is 1.03 bits per heavy atom. The standard InChI is InChI=1S/C26H21ClN2O5/c1-2-33-24-14-18(5-12-23(24)34-16-17-3-8-21(27)9-4-17)13-20(15-28)25(30)29-22-10-6-19(7-11-22)26(31)32/h3-14H,2,16H2,1H3,(H,29,30)(H,31,32)/b20-13+. The lowest BCUT2D eigenvalue weighted by molar-refractivity contribution is -0.112. The first-order valence-corrected chi connectivity index (χ1v) is 10.7. The molecule has 3 aromatic carbocycles. The van der Waals surface area contributed by atoms with E-state index in [4.69, 9.17) is 26.2 Å². The number of hydrogen-bond acceptors (Lipinski definition) is 5. The van der Waals surface area contributed by atoms with E-state index in [0.29, 0.717) is 41.0 Å². The van der Waals surface area contributed by atoms with Crippen molar-refractivity contribution in [2.45, 2.75) is 13.5 Å². The van der Waals surface area contributed by atoms with E-state index in [-0.39, 0.29) is 11.1 Å². The van der Waals surface area contributed by atoms with Crippen molar-refractivity contribution >= 4 is 35.2 Å². The summed E-state index contributed by atoms with van der Waals surface area (Å²) in [5.74, 6) is -0.685. The lowest BCUT2D eigenvalue weighted by Crippen LogP contribution is -2.13. The molecular weight excluding hydrogens is 456 g/mol. The van der Waals surface area contributed by atoms with Gasteiger partial charge in [0, 0.05) is 10.7 Å². The molecule has 3 rings (SSSR count). The third-order valence-electron chi connectivity index (χ3n) is 4.64. The third-order valence-corrected chi connectivity index (χ3v) is 4.89. The zero-order chi connectivity index (χ0) is 24.5. The molecule has 0 atom stereocenters. The van der Waals surface area contributed by atoms with E-state index in [9.17, 15) is 14.9 Å². The monoisotopic (exact) mass is 476 g/mol. The number of hydrogen-bond donors (Lipinski definition) is 2. The topological polar surface area (TPSA) is 109 Å². The number of nitrogens with zero attached hydrogens (tertiary/aromatic N) is 1. The van der Waals surface area contributed by atoms with E-state index in [1.165, 1.54) is 30.3 Å². The molecule has 0 heterocycles. The molecule has 1 amide bonds. The average molecular weight is 477 g/mol. The Morgan fingerprint density at radius 3 is 2.35 bits per heavy atom. The van der Waals surface area contributed by atoms with Crippen LogP contribution in [0.1, 0.15) is 28.4 Å². The SMILES string of the molecule is CCOc1cc(/C=C(\C#N)C(=O)Nc2ccc(C(=O)O)cc2)ccc1OCc1ccc(Cl)cc1. The van der Waals surface area contributed by atoms with Gasteiger partial charge in [0.15, 0.2) is 11.5 Å². The van der Waals surface area contributed by atoms with E-state index >= 15 is 0 Å². The van der Waals surface area contributed by atoms with Gasteiger partial charge in [0.05, 0.1) is 12.2 Å². The second-order valence-electron chi connectivity index (χ2n) is 7.06. The first kappa shape index (κ1) is 24.4. The summed E-state index contributed by atoms with van der Waals surface area (Å²) in [5.41, 5.74) is 1.86. The van der Waals surface area contributed by atoms with Gasteiger partial charge in [0.25, 0.3) is 5.91 Å². The molecule has 0 spiro atoms. The van der Waals surface area contributed by atoms with Gasteiger partial charge >= 0.3 is 5.97 Å². The highest BCUT2D eigenvalue weighted by Crippen LogP contribution is 2.30. The van der Waals surface area contributed by atoms with Crippen molar-refractivity contribution in [3.63, 3.8) is 0 Å². The number of anilines is 1. The Balaban J connectivity index is 1.75. The van der Waals surface area contributed by atoms with Crippen molar-refractivity contribution in [2.75, 3.05) is 11.9 Å². The van der Waals surface area contributed by atoms with Crippen LogP contribution in [-0.2, 0) is 11.4 Å². The zero-order valence-corrected chi connectivity index (χ0v) is 19.0. The number of rotatable bonds is 9. The summed E-state index contributed by atoms with van der Waals surface area (Å²) >= 11 is 5.91. The van der Waals surface area contributed by atoms with Gasteiger partial charge < -0.3 is 19.9 Å². The van der Waals surface area contributed by atoms with Gasteiger partial charge in [-0.15, -0.1) is 0 Å². The highest BCUT2D eigenvalue weighted by Gasteiger charge is 2.12. The molecule has 0 aliphatic rings. The smallest absolute Gasteiger partial charge is 0.335 e. The first-order chi connectivity index (χ1) is 16.4. The number of benzene rings is 3. The van der Waals surface area contributed by atoms with Crippen LogP contribution < -0.4 is 14.8 Å². The summed E-state index contributed by atoms with van der Waals surface area (Å²) in [7, 11) is 0. The fourth-order valence-corrected chi connectivity index (χ4v) is 3.08. The molecule has 0 radical (unpaired) electrons. The molecule has 0 aliphatic carbocycles. The molecule has 0 saturated carbocycles. The Kier molecular flexibility index (Phi) is 8.27. The predicted octanol–water partition coefficient (Wildman–Crippen LogP) is 5.56. The van der Waals surface area contributed by atoms with Gasteiger partial charge in [-0.05, 0) is 72.7 Å². The molecule has 0 aromatic heterocycles. The molecular formula is C26H21ClN2O5. The minimum atomic E-state index is -1.07. The Hall–Kier alpha value is -4.28. The minimum absolute atomic E-state index is 0.0934. The number of carbonyl (C=O) groups excluding carboxylic acids is 1. The number of carbonyl (C=O) groups is 2. The lowest BCUT2D eigenvalue weighted by Gasteiger charge is -2.13. The van der Waals surface area contributed by atoms with Crippen LogP contribution in [0.15, 0.2) is 72.3 Å². The molecule has 0 bridgehead atoms. The second kappa shape index (κ2) is 11.5. The highest BCUT2D eigenvalue weighted by atomic mass is 35.5. The Labute approximate surface area is 201 Å². The molecule has 7 nitrogen and oxygen atoms in total. The quantitative estimate of drug-likeness (QED) is 0.309. The van der Waals surface area contributed by atoms with Gasteiger partial charge in [-0.3, -0.25) is 4.79 Å². The number of aromatic carboxylic acids is 1. The van der Waals surface area contributed by atoms with E-state index < -0.39 is 11.9 Å². The molecule has 0 fully saturated rings. The zero-order valence-electron chi connectivity index (χ0n) is 18.2. The number of ether oxygens (including phenoxy) is 2. The number of nitriles is 1. The number of carboxylic acids is 1. The molecule has 3 aromatic rings. The van der Waals surface area contributed by atoms with Gasteiger partial charge in [0.2, 0.25) is 0 Å². The number of nitrogens with one attached hydrogen (secondary N) is 1. The summed E-state index contributed by atoms with van der Waals surface area (Å²) in [4.78, 5) is 23.5. The van der Waals surface area contributed by atoms with Crippen LogP contribution in [0.4, 0.5) is 5.69 Å². The van der Waals surface area contributed by atoms with Gasteiger partial charge in [-0.2, -0.15) is 5.26 Å². The van der Waals surface area contributed by atoms with Crippen molar-refractivity contribution < 1.29 is 24.2 Å². The number of amides is 1. The maximum absolute atomic E-state index is 12.5. The van der Waals surface area contributed by atoms with E-state index in [0.717, 1.165) is 5.56 Å². The molecule has 34 heavy (non-hydrogen) atoms. The van der Waals surface area contributed by atoms with Gasteiger partial charge in [0.1, 0.15) is 18.2 Å². The van der Waals surface area contributed by atoms with Gasteiger partial charge in [-0.1, -0.05) is 29.8 Å². The van der Waals surface area contributed by atoms with Gasteiger partial charge in [-0.25, -0.2) is 4.79 Å². The van der Waals surface area contributed by atoms with Crippen LogP contribution in [0, 0.1) is 11.3 Å². The fourth-order valence-electron chi connectivity index (χ4n) is 2.95. The Bertz CT molecular complexity index is 1250. The van der Waals surface area contributed by atoms with Crippen molar-refractivity contribution in [1.29, 1.82) is 5.26 Å². The summed E-state index contributed by atoms with van der Waals surface area (Å²) in [6, 6.07) is 19.9. The molecule has 8 heteroatoms. The first-order valence-electron chi connectivity index (χ1n) is 10.3. The number of halogens is 1. The fraction of sp³-hybridized carbons (Fsp3) is 0.115. The summed E-state index contributed by atoms with van der Waals surface area (Å²) in [6.07, 6.45) is 1.44. The van der Waals surface area contributed by atoms with Crippen LogP contribution in [0.2, 0.25) is 5.02 Å². The van der Waals surface area contributed by atoms with Crippen LogP contribution in [0.25, 0.3) is 6.08 Å². The van der Waals surface area contributed by atoms with Crippen LogP contribution in [0.5, 0.6) is 11.5 Å². The minimum Gasteiger partial charge on any atom is -0.490 e. The van der Waals surface area contributed by atoms with Crippen LogP contribution in [0.3, 0.4) is 0 Å². The summed E-state index contributed by atoms with van der Waals surface area (Å²) in [6.45, 7) is 2.57. The van der Waals surface area contributed by atoms with Crippen LogP contribution >= 0.6 is 11.6 Å². The molecule has 0 aliphatic heterocycles. The maximum Gasteiger partial charge on any atom is 0.335 e. The number of carboxylic acid groups (broad SMARTS) is 1. The normalized spacial score (nSPS) is 10.8. The largest absolute Gasteiger partial charge is 0.490 e. The molecule has 172 valence electrons. The predicted molar refractivity (Wildman–Crippen MR) is 129 cm³/mol. The van der Waals surface area contributed by atoms with E-state index in [1.54, 1.807) is 30.3 Å². The third kappa shape index (κ3) is 6.61.